The van der Waals surface area contributed by atoms with E-state index in [4.69, 9.17) is 9.15 Å². The number of oxazole rings is 1. The number of hydrogen-bond acceptors (Lipinski definition) is 5. The minimum atomic E-state index is -0.0192. The Kier molecular flexibility index (Phi) is 3.95. The van der Waals surface area contributed by atoms with E-state index in [-0.39, 0.29) is 18.1 Å². The first-order valence-electron chi connectivity index (χ1n) is 8.18. The highest BCUT2D eigenvalue weighted by Gasteiger charge is 2.38. The molecule has 122 valence electrons. The molecule has 1 aliphatic heterocycles. The zero-order valence-electron chi connectivity index (χ0n) is 13.2. The predicted molar refractivity (Wildman–Crippen MR) is 87.6 cm³/mol. The third kappa shape index (κ3) is 2.70. The van der Waals surface area contributed by atoms with Crippen LogP contribution in [0.3, 0.4) is 0 Å². The van der Waals surface area contributed by atoms with E-state index in [0.717, 1.165) is 24.1 Å². The first-order valence-corrected chi connectivity index (χ1v) is 9.06. The molecule has 0 unspecified atom stereocenters. The highest BCUT2D eigenvalue weighted by atomic mass is 32.1. The first-order chi connectivity index (χ1) is 11.2. The van der Waals surface area contributed by atoms with Gasteiger partial charge in [0.1, 0.15) is 5.76 Å². The fourth-order valence-electron chi connectivity index (χ4n) is 3.59. The van der Waals surface area contributed by atoms with E-state index in [1.165, 1.54) is 6.42 Å². The van der Waals surface area contributed by atoms with Gasteiger partial charge >= 0.3 is 0 Å². The lowest BCUT2D eigenvalue weighted by molar-refractivity contribution is -0.0754. The molecule has 2 aromatic rings. The molecule has 0 N–H and O–H groups in total. The summed E-state index contributed by atoms with van der Waals surface area (Å²) >= 11 is 1.56. The summed E-state index contributed by atoms with van der Waals surface area (Å²) in [6, 6.07) is 4.09. The van der Waals surface area contributed by atoms with Gasteiger partial charge in [-0.05, 0) is 31.2 Å². The molecule has 0 spiro atoms. The molecule has 1 amide bonds. The van der Waals surface area contributed by atoms with Gasteiger partial charge in [-0.2, -0.15) is 0 Å². The number of aromatic nitrogens is 1. The zero-order valence-corrected chi connectivity index (χ0v) is 14.0. The van der Waals surface area contributed by atoms with Crippen molar-refractivity contribution in [1.82, 2.24) is 9.88 Å². The molecule has 1 saturated heterocycles. The second-order valence-corrected chi connectivity index (χ2v) is 7.11. The Morgan fingerprint density at radius 2 is 2.26 bits per heavy atom. The molecule has 5 nitrogen and oxygen atoms in total. The molecule has 4 rings (SSSR count). The highest BCUT2D eigenvalue weighted by molar-refractivity contribution is 7.13. The summed E-state index contributed by atoms with van der Waals surface area (Å²) < 4.78 is 11.6. The standard InChI is InChI=1S/C17H20N2O3S/c1-11-15(18-16(22-11)14-7-4-10-23-14)17(20)19-8-9-21-13-6-3-2-5-12(13)19/h4,7,10,12-13H,2-3,5-6,8-9H2,1H3/t12-,13-/m0/s1. The highest BCUT2D eigenvalue weighted by Crippen LogP contribution is 2.31. The Hall–Kier alpha value is -1.66. The van der Waals surface area contributed by atoms with E-state index in [0.29, 0.717) is 30.5 Å². The second kappa shape index (κ2) is 6.09. The van der Waals surface area contributed by atoms with Crippen LogP contribution < -0.4 is 0 Å². The maximum atomic E-state index is 13.0. The molecular weight excluding hydrogens is 312 g/mol. The van der Waals surface area contributed by atoms with Crippen molar-refractivity contribution in [2.75, 3.05) is 13.2 Å². The van der Waals surface area contributed by atoms with Crippen molar-refractivity contribution >= 4 is 17.2 Å². The quantitative estimate of drug-likeness (QED) is 0.845. The number of nitrogens with zero attached hydrogens (tertiary/aromatic N) is 2. The number of rotatable bonds is 2. The van der Waals surface area contributed by atoms with Gasteiger partial charge in [0.15, 0.2) is 5.69 Å². The van der Waals surface area contributed by atoms with Crippen LogP contribution in [0.5, 0.6) is 0 Å². The van der Waals surface area contributed by atoms with Crippen molar-refractivity contribution in [3.05, 3.63) is 29.0 Å². The van der Waals surface area contributed by atoms with Crippen molar-refractivity contribution in [3.63, 3.8) is 0 Å². The molecule has 2 aromatic heterocycles. The van der Waals surface area contributed by atoms with Gasteiger partial charge in [0.05, 0.1) is 23.6 Å². The molecule has 2 atom stereocenters. The van der Waals surface area contributed by atoms with Gasteiger partial charge in [0, 0.05) is 6.54 Å². The van der Waals surface area contributed by atoms with E-state index < -0.39 is 0 Å². The Labute approximate surface area is 139 Å². The van der Waals surface area contributed by atoms with Crippen LogP contribution in [-0.2, 0) is 4.74 Å². The minimum Gasteiger partial charge on any atom is -0.440 e. The number of aryl methyl sites for hydroxylation is 1. The summed E-state index contributed by atoms with van der Waals surface area (Å²) in [6.45, 7) is 3.07. The smallest absolute Gasteiger partial charge is 0.276 e. The lowest BCUT2D eigenvalue weighted by Crippen LogP contribution is -2.55. The molecule has 0 aromatic carbocycles. The van der Waals surface area contributed by atoms with Crippen molar-refractivity contribution in [2.45, 2.75) is 44.8 Å². The van der Waals surface area contributed by atoms with Gasteiger partial charge in [-0.1, -0.05) is 18.9 Å². The van der Waals surface area contributed by atoms with Crippen molar-refractivity contribution in [1.29, 1.82) is 0 Å². The predicted octanol–water partition coefficient (Wildman–Crippen LogP) is 3.50. The van der Waals surface area contributed by atoms with Gasteiger partial charge in [0.25, 0.3) is 5.91 Å². The van der Waals surface area contributed by atoms with Crippen LogP contribution in [0.15, 0.2) is 21.9 Å². The maximum absolute atomic E-state index is 13.0. The summed E-state index contributed by atoms with van der Waals surface area (Å²) in [5.74, 6) is 1.11. The lowest BCUT2D eigenvalue weighted by atomic mass is 9.90. The fourth-order valence-corrected chi connectivity index (χ4v) is 4.23. The molecule has 1 aliphatic carbocycles. The summed E-state index contributed by atoms with van der Waals surface area (Å²) in [6.07, 6.45) is 4.60. The SMILES string of the molecule is Cc1oc(-c2cccs2)nc1C(=O)N1CCO[C@H]2CCCC[C@@H]21. The summed E-state index contributed by atoms with van der Waals surface area (Å²) in [4.78, 5) is 20.4. The largest absolute Gasteiger partial charge is 0.440 e. The Bertz CT molecular complexity index is 693. The van der Waals surface area contributed by atoms with Crippen LogP contribution in [0, 0.1) is 6.92 Å². The average Bonchev–Trinajstić information content (AvgIpc) is 3.23. The zero-order chi connectivity index (χ0) is 15.8. The molecular formula is C17H20N2O3S. The third-order valence-corrected chi connectivity index (χ3v) is 5.58. The number of hydrogen-bond donors (Lipinski definition) is 0. The van der Waals surface area contributed by atoms with Gasteiger partial charge < -0.3 is 14.1 Å². The van der Waals surface area contributed by atoms with E-state index in [2.05, 4.69) is 4.98 Å². The molecule has 6 heteroatoms. The van der Waals surface area contributed by atoms with E-state index >= 15 is 0 Å². The van der Waals surface area contributed by atoms with E-state index in [1.54, 1.807) is 11.3 Å². The van der Waals surface area contributed by atoms with Crippen molar-refractivity contribution in [2.24, 2.45) is 0 Å². The molecule has 2 aliphatic rings. The van der Waals surface area contributed by atoms with Crippen LogP contribution in [-0.4, -0.2) is 41.1 Å². The number of fused-ring (bicyclic) bond motifs is 1. The fraction of sp³-hybridized carbons (Fsp3) is 0.529. The van der Waals surface area contributed by atoms with Crippen molar-refractivity contribution < 1.29 is 13.9 Å². The third-order valence-electron chi connectivity index (χ3n) is 4.72. The summed E-state index contributed by atoms with van der Waals surface area (Å²) in [5, 5.41) is 1.98. The number of carbonyl (C=O) groups is 1. The topological polar surface area (TPSA) is 55.6 Å². The average molecular weight is 332 g/mol. The molecule has 0 bridgehead atoms. The van der Waals surface area contributed by atoms with Gasteiger partial charge in [0.2, 0.25) is 5.89 Å². The van der Waals surface area contributed by atoms with Crippen LogP contribution in [0.2, 0.25) is 0 Å². The van der Waals surface area contributed by atoms with Crippen LogP contribution in [0.25, 0.3) is 10.8 Å². The molecule has 1 saturated carbocycles. The number of ether oxygens (including phenoxy) is 1. The Morgan fingerprint density at radius 1 is 1.39 bits per heavy atom. The maximum Gasteiger partial charge on any atom is 0.276 e. The summed E-state index contributed by atoms with van der Waals surface area (Å²) in [5.41, 5.74) is 0.444. The summed E-state index contributed by atoms with van der Waals surface area (Å²) in [7, 11) is 0. The molecule has 0 radical (unpaired) electrons. The van der Waals surface area contributed by atoms with Gasteiger partial charge in [-0.25, -0.2) is 4.98 Å². The first kappa shape index (κ1) is 14.9. The Balaban J connectivity index is 1.61. The number of amides is 1. The van der Waals surface area contributed by atoms with E-state index in [9.17, 15) is 4.79 Å². The van der Waals surface area contributed by atoms with Crippen molar-refractivity contribution in [3.8, 4) is 10.8 Å². The van der Waals surface area contributed by atoms with Gasteiger partial charge in [-0.15, -0.1) is 11.3 Å². The Morgan fingerprint density at radius 3 is 3.09 bits per heavy atom. The minimum absolute atomic E-state index is 0.0192. The number of carbonyl (C=O) groups excluding carboxylic acids is 1. The molecule has 3 heterocycles. The van der Waals surface area contributed by atoms with Crippen LogP contribution >= 0.6 is 11.3 Å². The number of thiophene rings is 1. The van der Waals surface area contributed by atoms with Gasteiger partial charge in [-0.3, -0.25) is 4.79 Å². The second-order valence-electron chi connectivity index (χ2n) is 6.16. The molecule has 23 heavy (non-hydrogen) atoms. The lowest BCUT2D eigenvalue weighted by Gasteiger charge is -2.43. The van der Waals surface area contributed by atoms with E-state index in [1.807, 2.05) is 29.3 Å². The number of morpholine rings is 1. The monoisotopic (exact) mass is 332 g/mol. The molecule has 2 fully saturated rings. The normalized spacial score (nSPS) is 24.5. The van der Waals surface area contributed by atoms with Crippen LogP contribution in [0.1, 0.15) is 41.9 Å². The van der Waals surface area contributed by atoms with Crippen LogP contribution in [0.4, 0.5) is 0 Å².